The van der Waals surface area contributed by atoms with E-state index in [0.717, 1.165) is 31.1 Å². The van der Waals surface area contributed by atoms with Crippen LogP contribution in [0.5, 0.6) is 0 Å². The Morgan fingerprint density at radius 1 is 1.32 bits per heavy atom. The van der Waals surface area contributed by atoms with Crippen LogP contribution in [0.25, 0.3) is 0 Å². The zero-order valence-corrected chi connectivity index (χ0v) is 11.7. The van der Waals surface area contributed by atoms with Gasteiger partial charge in [0.25, 0.3) is 0 Å². The lowest BCUT2D eigenvalue weighted by molar-refractivity contribution is 0.118. The number of anilines is 1. The molecule has 1 aliphatic heterocycles. The smallest absolute Gasteiger partial charge is 0.147 e. The maximum atomic E-state index is 5.60. The predicted molar refractivity (Wildman–Crippen MR) is 74.1 cm³/mol. The highest BCUT2D eigenvalue weighted by Gasteiger charge is 2.28. The molecular formula is C14H22N4O. The average Bonchev–Trinajstić information content (AvgIpc) is 3.17. The third-order valence-electron chi connectivity index (χ3n) is 4.04. The molecule has 19 heavy (non-hydrogen) atoms. The maximum absolute atomic E-state index is 5.60. The lowest BCUT2D eigenvalue weighted by atomic mass is 10.1. The largest absolute Gasteiger partial charge is 0.376 e. The van der Waals surface area contributed by atoms with Gasteiger partial charge in [0.1, 0.15) is 5.82 Å². The molecule has 2 unspecified atom stereocenters. The number of nitrogens with one attached hydrogen (secondary N) is 1. The topological polar surface area (TPSA) is 50.3 Å². The first-order valence-electron chi connectivity index (χ1n) is 7.13. The zero-order valence-electron chi connectivity index (χ0n) is 11.7. The van der Waals surface area contributed by atoms with Gasteiger partial charge in [0.15, 0.2) is 0 Å². The van der Waals surface area contributed by atoms with E-state index in [1.54, 1.807) is 0 Å². The second-order valence-corrected chi connectivity index (χ2v) is 5.56. The van der Waals surface area contributed by atoms with Gasteiger partial charge in [-0.05, 0) is 26.2 Å². The molecule has 2 fully saturated rings. The van der Waals surface area contributed by atoms with Crippen LogP contribution in [0.3, 0.4) is 0 Å². The van der Waals surface area contributed by atoms with Gasteiger partial charge in [0.05, 0.1) is 30.2 Å². The van der Waals surface area contributed by atoms with Crippen molar-refractivity contribution in [2.24, 2.45) is 0 Å². The molecule has 1 aliphatic carbocycles. The van der Waals surface area contributed by atoms with Crippen LogP contribution in [0.2, 0.25) is 0 Å². The molecule has 0 amide bonds. The number of rotatable bonds is 5. The highest BCUT2D eigenvalue weighted by atomic mass is 16.5. The van der Waals surface area contributed by atoms with Gasteiger partial charge < -0.3 is 15.0 Å². The monoisotopic (exact) mass is 262 g/mol. The molecule has 1 aromatic rings. The van der Waals surface area contributed by atoms with Crippen molar-refractivity contribution in [3.63, 3.8) is 0 Å². The van der Waals surface area contributed by atoms with Crippen LogP contribution in [0.4, 0.5) is 5.82 Å². The molecule has 1 N–H and O–H groups in total. The van der Waals surface area contributed by atoms with E-state index in [0.29, 0.717) is 12.1 Å². The molecule has 1 saturated carbocycles. The number of ether oxygens (including phenoxy) is 1. The number of hydrogen-bond acceptors (Lipinski definition) is 5. The number of hydrogen-bond donors (Lipinski definition) is 1. The highest BCUT2D eigenvalue weighted by Crippen LogP contribution is 2.22. The maximum Gasteiger partial charge on any atom is 0.147 e. The normalized spacial score (nSPS) is 26.6. The Balaban J connectivity index is 1.60. The van der Waals surface area contributed by atoms with Crippen molar-refractivity contribution >= 4 is 5.82 Å². The molecular weight excluding hydrogens is 240 g/mol. The number of aromatic nitrogens is 2. The van der Waals surface area contributed by atoms with E-state index < -0.39 is 0 Å². The summed E-state index contributed by atoms with van der Waals surface area (Å²) in [4.78, 5) is 11.2. The van der Waals surface area contributed by atoms with Crippen LogP contribution in [-0.4, -0.2) is 41.8 Å². The summed E-state index contributed by atoms with van der Waals surface area (Å²) >= 11 is 0. The minimum atomic E-state index is 0.267. The first kappa shape index (κ1) is 12.8. The first-order chi connectivity index (χ1) is 9.24. The summed E-state index contributed by atoms with van der Waals surface area (Å²) < 4.78 is 5.60. The van der Waals surface area contributed by atoms with Crippen molar-refractivity contribution in [1.82, 2.24) is 15.3 Å². The fourth-order valence-electron chi connectivity index (χ4n) is 2.56. The van der Waals surface area contributed by atoms with Crippen molar-refractivity contribution in [1.29, 1.82) is 0 Å². The van der Waals surface area contributed by atoms with Gasteiger partial charge in [-0.3, -0.25) is 4.98 Å². The van der Waals surface area contributed by atoms with E-state index in [9.17, 15) is 0 Å². The summed E-state index contributed by atoms with van der Waals surface area (Å²) in [5.41, 5.74) is 1.01. The van der Waals surface area contributed by atoms with Crippen LogP contribution in [-0.2, 0) is 11.3 Å². The second-order valence-electron chi connectivity index (χ2n) is 5.56. The minimum absolute atomic E-state index is 0.267. The molecule has 2 heterocycles. The number of likely N-dealkylation sites (N-methyl/N-ethyl adjacent to an activating group) is 1. The molecule has 2 aliphatic rings. The fourth-order valence-corrected chi connectivity index (χ4v) is 2.56. The second kappa shape index (κ2) is 5.43. The van der Waals surface area contributed by atoms with Crippen LogP contribution in [0.15, 0.2) is 12.4 Å². The van der Waals surface area contributed by atoms with Crippen LogP contribution in [0, 0.1) is 0 Å². The van der Waals surface area contributed by atoms with Crippen molar-refractivity contribution in [3.8, 4) is 0 Å². The van der Waals surface area contributed by atoms with E-state index in [1.807, 2.05) is 12.4 Å². The molecule has 0 radical (unpaired) electrons. The Hall–Kier alpha value is -1.20. The Bertz CT molecular complexity index is 418. The lowest BCUT2D eigenvalue weighted by Crippen LogP contribution is -2.37. The molecule has 3 rings (SSSR count). The van der Waals surface area contributed by atoms with Crippen molar-refractivity contribution in [2.45, 2.75) is 50.9 Å². The van der Waals surface area contributed by atoms with Crippen LogP contribution in [0.1, 0.15) is 31.9 Å². The van der Waals surface area contributed by atoms with Gasteiger partial charge in [0.2, 0.25) is 0 Å². The summed E-state index contributed by atoms with van der Waals surface area (Å²) in [6.07, 6.45) is 7.67. The van der Waals surface area contributed by atoms with E-state index in [4.69, 9.17) is 4.74 Å². The summed E-state index contributed by atoms with van der Waals surface area (Å²) in [6.45, 7) is 3.78. The van der Waals surface area contributed by atoms with Gasteiger partial charge in [-0.25, -0.2) is 4.98 Å². The molecule has 0 spiro atoms. The summed E-state index contributed by atoms with van der Waals surface area (Å²) in [5.74, 6) is 0.928. The van der Waals surface area contributed by atoms with E-state index in [2.05, 4.69) is 34.2 Å². The average molecular weight is 262 g/mol. The summed E-state index contributed by atoms with van der Waals surface area (Å²) in [6, 6.07) is 1.12. The molecule has 0 bridgehead atoms. The van der Waals surface area contributed by atoms with E-state index in [-0.39, 0.29) is 6.10 Å². The van der Waals surface area contributed by atoms with Crippen molar-refractivity contribution in [3.05, 3.63) is 18.1 Å². The van der Waals surface area contributed by atoms with Gasteiger partial charge >= 0.3 is 0 Å². The third-order valence-corrected chi connectivity index (χ3v) is 4.04. The molecule has 0 aromatic carbocycles. The molecule has 1 aromatic heterocycles. The van der Waals surface area contributed by atoms with Crippen molar-refractivity contribution < 1.29 is 4.74 Å². The quantitative estimate of drug-likeness (QED) is 0.868. The first-order valence-corrected chi connectivity index (χ1v) is 7.13. The van der Waals surface area contributed by atoms with Gasteiger partial charge in [-0.2, -0.15) is 0 Å². The van der Waals surface area contributed by atoms with Gasteiger partial charge in [0, 0.05) is 26.2 Å². The molecule has 5 nitrogen and oxygen atoms in total. The van der Waals surface area contributed by atoms with E-state index >= 15 is 0 Å². The van der Waals surface area contributed by atoms with Crippen LogP contribution < -0.4 is 10.2 Å². The molecule has 2 atom stereocenters. The highest BCUT2D eigenvalue weighted by molar-refractivity contribution is 5.36. The van der Waals surface area contributed by atoms with Crippen LogP contribution >= 0.6 is 0 Å². The van der Waals surface area contributed by atoms with Crippen molar-refractivity contribution in [2.75, 3.05) is 18.6 Å². The Kier molecular flexibility index (Phi) is 3.66. The minimum Gasteiger partial charge on any atom is -0.376 e. The molecule has 1 saturated heterocycles. The SMILES string of the molecule is CC1OCCC1N(C)c1cnc(CNC2CC2)cn1. The summed E-state index contributed by atoms with van der Waals surface area (Å²) in [5, 5.41) is 3.45. The van der Waals surface area contributed by atoms with Gasteiger partial charge in [-0.1, -0.05) is 0 Å². The van der Waals surface area contributed by atoms with Gasteiger partial charge in [-0.15, -0.1) is 0 Å². The fraction of sp³-hybridized carbons (Fsp3) is 0.714. The zero-order chi connectivity index (χ0) is 13.2. The standard InChI is InChI=1S/C14H22N4O/c1-10-13(5-6-19-10)18(2)14-9-16-12(8-17-14)7-15-11-3-4-11/h8-11,13,15H,3-7H2,1-2H3. The lowest BCUT2D eigenvalue weighted by Gasteiger charge is -2.27. The third kappa shape index (κ3) is 3.04. The van der Waals surface area contributed by atoms with E-state index in [1.165, 1.54) is 12.8 Å². The predicted octanol–water partition coefficient (Wildman–Crippen LogP) is 1.34. The Morgan fingerprint density at radius 3 is 2.74 bits per heavy atom. The molecule has 5 heteroatoms. The molecule has 104 valence electrons. The summed E-state index contributed by atoms with van der Waals surface area (Å²) in [7, 11) is 2.07. The Labute approximate surface area is 114 Å². The Morgan fingerprint density at radius 2 is 2.16 bits per heavy atom. The number of nitrogens with zero attached hydrogens (tertiary/aromatic N) is 3.